The van der Waals surface area contributed by atoms with Gasteiger partial charge in [0.1, 0.15) is 6.10 Å². The van der Waals surface area contributed by atoms with E-state index in [1.54, 1.807) is 25.1 Å². The summed E-state index contributed by atoms with van der Waals surface area (Å²) < 4.78 is 33.0. The van der Waals surface area contributed by atoms with Crippen LogP contribution in [-0.4, -0.2) is 13.0 Å². The van der Waals surface area contributed by atoms with Gasteiger partial charge in [0.2, 0.25) is 0 Å². The van der Waals surface area contributed by atoms with Crippen molar-refractivity contribution in [3.05, 3.63) is 48.0 Å². The van der Waals surface area contributed by atoms with Gasteiger partial charge in [-0.1, -0.05) is 34.7 Å². The molecule has 1 N–H and O–H groups in total. The maximum Gasteiger partial charge on any atom is 0.424 e. The van der Waals surface area contributed by atoms with Crippen LogP contribution in [0.15, 0.2) is 36.9 Å². The monoisotopic (exact) mass is 258 g/mol. The minimum Gasteiger partial charge on any atom is -0.262 e. The highest BCUT2D eigenvalue weighted by atomic mass is 32.3. The molecule has 0 aliphatic heterocycles. The average Bonchev–Trinajstić information content (AvgIpc) is 2.26. The third-order valence-electron chi connectivity index (χ3n) is 2.13. The normalized spacial score (nSPS) is 13.3. The number of hydrogen-bond acceptors (Lipinski definition) is 4. The Morgan fingerprint density at radius 2 is 2.12 bits per heavy atom. The van der Waals surface area contributed by atoms with Crippen LogP contribution in [0.25, 0.3) is 0 Å². The molecular weight excluding hydrogens is 244 g/mol. The lowest BCUT2D eigenvalue weighted by Crippen LogP contribution is -2.09. The minimum absolute atomic E-state index is 0.618. The van der Waals surface area contributed by atoms with Crippen LogP contribution in [0.4, 0.5) is 0 Å². The molecule has 0 aliphatic rings. The van der Waals surface area contributed by atoms with Crippen molar-refractivity contribution >= 4 is 10.4 Å². The number of benzene rings is 1. The molecule has 0 radical (unpaired) electrons. The Morgan fingerprint density at radius 3 is 2.71 bits per heavy atom. The SMILES string of the molecule is C=CCc1ccccc1C(C)OOS(=O)(=O)O. The van der Waals surface area contributed by atoms with Crippen LogP contribution in [0.5, 0.6) is 0 Å². The summed E-state index contributed by atoms with van der Waals surface area (Å²) in [7, 11) is -4.59. The molecule has 0 bridgehead atoms. The Kier molecular flexibility index (Phi) is 4.83. The molecule has 0 saturated heterocycles. The highest BCUT2D eigenvalue weighted by Crippen LogP contribution is 2.22. The second-order valence-electron chi connectivity index (χ2n) is 3.43. The first-order chi connectivity index (χ1) is 7.94. The smallest absolute Gasteiger partial charge is 0.262 e. The van der Waals surface area contributed by atoms with Crippen molar-refractivity contribution in [1.82, 2.24) is 0 Å². The largest absolute Gasteiger partial charge is 0.424 e. The van der Waals surface area contributed by atoms with Crippen LogP contribution in [0.2, 0.25) is 0 Å². The molecule has 17 heavy (non-hydrogen) atoms. The van der Waals surface area contributed by atoms with E-state index in [1.807, 2.05) is 12.1 Å². The first-order valence-electron chi connectivity index (χ1n) is 4.95. The van der Waals surface area contributed by atoms with E-state index in [9.17, 15) is 8.42 Å². The van der Waals surface area contributed by atoms with Crippen LogP contribution in [0.3, 0.4) is 0 Å². The molecule has 1 unspecified atom stereocenters. The average molecular weight is 258 g/mol. The number of rotatable bonds is 6. The summed E-state index contributed by atoms with van der Waals surface area (Å²) in [6.45, 7) is 5.25. The predicted octanol–water partition coefficient (Wildman–Crippen LogP) is 2.23. The molecule has 0 heterocycles. The summed E-state index contributed by atoms with van der Waals surface area (Å²) in [5.41, 5.74) is 1.73. The number of hydrogen-bond donors (Lipinski definition) is 1. The summed E-state index contributed by atoms with van der Waals surface area (Å²) in [5, 5.41) is 0. The van der Waals surface area contributed by atoms with Crippen molar-refractivity contribution < 1.29 is 22.2 Å². The Balaban J connectivity index is 2.80. The van der Waals surface area contributed by atoms with Gasteiger partial charge in [-0.05, 0) is 24.5 Å². The Labute approximate surface area is 101 Å². The lowest BCUT2D eigenvalue weighted by Gasteiger charge is -2.14. The van der Waals surface area contributed by atoms with E-state index >= 15 is 0 Å². The van der Waals surface area contributed by atoms with Crippen LogP contribution < -0.4 is 0 Å². The quantitative estimate of drug-likeness (QED) is 0.366. The highest BCUT2D eigenvalue weighted by molar-refractivity contribution is 7.80. The molecule has 1 atom stereocenters. The standard InChI is InChI=1S/C11H14O5S/c1-3-6-10-7-4-5-8-11(10)9(2)15-16-17(12,13)14/h3-5,7-9H,1,6H2,2H3,(H,12,13,14). The summed E-state index contributed by atoms with van der Waals surface area (Å²) in [5.74, 6) is 0. The first kappa shape index (κ1) is 13.9. The van der Waals surface area contributed by atoms with Gasteiger partial charge in [-0.25, -0.2) is 4.89 Å². The Hall–Kier alpha value is -1.21. The molecule has 0 spiro atoms. The van der Waals surface area contributed by atoms with Crippen LogP contribution in [-0.2, 0) is 26.0 Å². The van der Waals surface area contributed by atoms with Crippen LogP contribution in [0.1, 0.15) is 24.2 Å². The second-order valence-corrected chi connectivity index (χ2v) is 4.42. The molecule has 1 aromatic carbocycles. The van der Waals surface area contributed by atoms with Crippen LogP contribution >= 0.6 is 0 Å². The van der Waals surface area contributed by atoms with Crippen LogP contribution in [0, 0.1) is 0 Å². The topological polar surface area (TPSA) is 72.8 Å². The van der Waals surface area contributed by atoms with Gasteiger partial charge in [0.15, 0.2) is 0 Å². The fourth-order valence-corrected chi connectivity index (χ4v) is 1.65. The van der Waals surface area contributed by atoms with Gasteiger partial charge in [0.05, 0.1) is 0 Å². The van der Waals surface area contributed by atoms with Gasteiger partial charge in [0, 0.05) is 0 Å². The van der Waals surface area contributed by atoms with Crippen molar-refractivity contribution in [2.45, 2.75) is 19.4 Å². The molecule has 0 fully saturated rings. The molecule has 0 aliphatic carbocycles. The van der Waals surface area contributed by atoms with Gasteiger partial charge in [0.25, 0.3) is 0 Å². The molecule has 0 saturated carbocycles. The van der Waals surface area contributed by atoms with Crippen molar-refractivity contribution in [3.8, 4) is 0 Å². The molecule has 1 aromatic rings. The third kappa shape index (κ3) is 4.66. The maximum atomic E-state index is 10.4. The summed E-state index contributed by atoms with van der Waals surface area (Å²) >= 11 is 0. The zero-order valence-electron chi connectivity index (χ0n) is 9.37. The van der Waals surface area contributed by atoms with Gasteiger partial charge >= 0.3 is 10.4 Å². The van der Waals surface area contributed by atoms with Gasteiger partial charge in [-0.15, -0.1) is 6.58 Å². The molecule has 6 heteroatoms. The van der Waals surface area contributed by atoms with E-state index in [2.05, 4.69) is 15.8 Å². The van der Waals surface area contributed by atoms with Gasteiger partial charge < -0.3 is 0 Å². The fourth-order valence-electron chi connectivity index (χ4n) is 1.43. The lowest BCUT2D eigenvalue weighted by atomic mass is 10.0. The van der Waals surface area contributed by atoms with Crippen molar-refractivity contribution in [2.75, 3.05) is 0 Å². The summed E-state index contributed by atoms with van der Waals surface area (Å²) in [6.07, 6.45) is 1.75. The first-order valence-corrected chi connectivity index (χ1v) is 6.31. The van der Waals surface area contributed by atoms with Crippen molar-refractivity contribution in [1.29, 1.82) is 0 Å². The van der Waals surface area contributed by atoms with Gasteiger partial charge in [-0.2, -0.15) is 8.42 Å². The molecule has 0 aromatic heterocycles. The zero-order valence-corrected chi connectivity index (χ0v) is 10.2. The van der Waals surface area contributed by atoms with E-state index < -0.39 is 16.5 Å². The van der Waals surface area contributed by atoms with Crippen molar-refractivity contribution in [3.63, 3.8) is 0 Å². The number of allylic oxidation sites excluding steroid dienone is 1. The van der Waals surface area contributed by atoms with E-state index in [0.29, 0.717) is 6.42 Å². The lowest BCUT2D eigenvalue weighted by molar-refractivity contribution is -0.244. The molecule has 0 amide bonds. The van der Waals surface area contributed by atoms with E-state index in [-0.39, 0.29) is 0 Å². The van der Waals surface area contributed by atoms with E-state index in [1.165, 1.54) is 0 Å². The highest BCUT2D eigenvalue weighted by Gasteiger charge is 2.14. The van der Waals surface area contributed by atoms with E-state index in [4.69, 9.17) is 4.55 Å². The minimum atomic E-state index is -4.59. The second kappa shape index (κ2) is 5.92. The maximum absolute atomic E-state index is 10.4. The van der Waals surface area contributed by atoms with E-state index in [0.717, 1.165) is 11.1 Å². The van der Waals surface area contributed by atoms with Gasteiger partial charge in [-0.3, -0.25) is 4.55 Å². The Morgan fingerprint density at radius 1 is 1.47 bits per heavy atom. The molecular formula is C11H14O5S. The molecule has 94 valence electrons. The third-order valence-corrected chi connectivity index (χ3v) is 2.38. The Bertz CT molecular complexity index is 480. The zero-order chi connectivity index (χ0) is 12.9. The fraction of sp³-hybridized carbons (Fsp3) is 0.273. The molecule has 1 rings (SSSR count). The summed E-state index contributed by atoms with van der Waals surface area (Å²) in [6, 6.07) is 7.33. The van der Waals surface area contributed by atoms with Crippen molar-refractivity contribution in [2.24, 2.45) is 0 Å². The predicted molar refractivity (Wildman–Crippen MR) is 62.5 cm³/mol. The molecule has 5 nitrogen and oxygen atoms in total. The summed E-state index contributed by atoms with van der Waals surface area (Å²) in [4.78, 5) is 4.61.